The first-order valence-corrected chi connectivity index (χ1v) is 8.44. The molecule has 2 rings (SSSR count). The van der Waals surface area contributed by atoms with E-state index < -0.39 is 0 Å². The van der Waals surface area contributed by atoms with Gasteiger partial charge in [-0.25, -0.2) is 4.99 Å². The van der Waals surface area contributed by atoms with Crippen molar-refractivity contribution >= 4 is 29.9 Å². The Morgan fingerprint density at radius 3 is 2.75 bits per heavy atom. The number of guanidine groups is 1. The van der Waals surface area contributed by atoms with Crippen LogP contribution in [0.2, 0.25) is 0 Å². The van der Waals surface area contributed by atoms with Crippen molar-refractivity contribution in [2.24, 2.45) is 16.6 Å². The summed E-state index contributed by atoms with van der Waals surface area (Å²) in [5.74, 6) is 2.33. The smallest absolute Gasteiger partial charge is 0.191 e. The maximum Gasteiger partial charge on any atom is 0.191 e. The molecule has 0 atom stereocenters. The lowest BCUT2D eigenvalue weighted by atomic mass is 10.00. The average Bonchev–Trinajstić information content (AvgIpc) is 2.58. The monoisotopic (exact) mass is 447 g/mol. The molecule has 6 heteroatoms. The Balaban J connectivity index is 0.00000288. The first-order chi connectivity index (χ1) is 11.2. The summed E-state index contributed by atoms with van der Waals surface area (Å²) in [5, 5.41) is 0. The normalized spacial score (nSPS) is 15.9. The third-order valence-electron chi connectivity index (χ3n) is 4.19. The van der Waals surface area contributed by atoms with Crippen LogP contribution in [0.3, 0.4) is 0 Å². The number of ether oxygens (including phenoxy) is 2. The van der Waals surface area contributed by atoms with Gasteiger partial charge in [-0.05, 0) is 36.5 Å². The molecule has 0 amide bonds. The van der Waals surface area contributed by atoms with Crippen LogP contribution in [-0.4, -0.2) is 44.3 Å². The molecule has 1 saturated heterocycles. The highest BCUT2D eigenvalue weighted by molar-refractivity contribution is 14.0. The van der Waals surface area contributed by atoms with Gasteiger partial charge in [-0.3, -0.25) is 0 Å². The highest BCUT2D eigenvalue weighted by Gasteiger charge is 2.16. The topological polar surface area (TPSA) is 60.1 Å². The van der Waals surface area contributed by atoms with E-state index in [-0.39, 0.29) is 24.0 Å². The van der Waals surface area contributed by atoms with Crippen LogP contribution in [0.5, 0.6) is 5.75 Å². The number of nitrogens with two attached hydrogens (primary N) is 1. The van der Waals surface area contributed by atoms with Crippen LogP contribution in [0.15, 0.2) is 29.3 Å². The van der Waals surface area contributed by atoms with Gasteiger partial charge in [0.25, 0.3) is 0 Å². The van der Waals surface area contributed by atoms with Crippen molar-refractivity contribution in [3.05, 3.63) is 29.8 Å². The van der Waals surface area contributed by atoms with Crippen LogP contribution in [0.25, 0.3) is 0 Å². The van der Waals surface area contributed by atoms with Gasteiger partial charge in [0.1, 0.15) is 5.75 Å². The fraction of sp³-hybridized carbons (Fsp3) is 0.611. The van der Waals surface area contributed by atoms with Gasteiger partial charge < -0.3 is 20.1 Å². The molecule has 1 aliphatic rings. The number of hydrogen-bond acceptors (Lipinski definition) is 3. The highest BCUT2D eigenvalue weighted by atomic mass is 127. The minimum absolute atomic E-state index is 0. The van der Waals surface area contributed by atoms with E-state index in [1.165, 1.54) is 12.8 Å². The Morgan fingerprint density at radius 1 is 1.29 bits per heavy atom. The van der Waals surface area contributed by atoms with E-state index in [1.54, 1.807) is 7.11 Å². The number of rotatable bonds is 7. The van der Waals surface area contributed by atoms with Crippen molar-refractivity contribution < 1.29 is 9.47 Å². The number of halogens is 1. The summed E-state index contributed by atoms with van der Waals surface area (Å²) in [6.45, 7) is 6.29. The van der Waals surface area contributed by atoms with Crippen LogP contribution in [0.4, 0.5) is 0 Å². The molecule has 0 bridgehead atoms. The van der Waals surface area contributed by atoms with E-state index in [0.29, 0.717) is 19.1 Å². The minimum Gasteiger partial charge on any atom is -0.493 e. The van der Waals surface area contributed by atoms with Crippen LogP contribution >= 0.6 is 24.0 Å². The van der Waals surface area contributed by atoms with Gasteiger partial charge in [-0.2, -0.15) is 0 Å². The molecule has 0 spiro atoms. The van der Waals surface area contributed by atoms with Gasteiger partial charge in [0.15, 0.2) is 5.96 Å². The van der Waals surface area contributed by atoms with E-state index in [2.05, 4.69) is 22.9 Å². The van der Waals surface area contributed by atoms with E-state index >= 15 is 0 Å². The van der Waals surface area contributed by atoms with Crippen molar-refractivity contribution in [3.63, 3.8) is 0 Å². The summed E-state index contributed by atoms with van der Waals surface area (Å²) >= 11 is 0. The molecule has 0 aromatic heterocycles. The molecule has 24 heavy (non-hydrogen) atoms. The first kappa shape index (κ1) is 21.0. The zero-order valence-corrected chi connectivity index (χ0v) is 17.1. The maximum absolute atomic E-state index is 6.12. The summed E-state index contributed by atoms with van der Waals surface area (Å²) in [6.07, 6.45) is 3.28. The van der Waals surface area contributed by atoms with E-state index in [4.69, 9.17) is 15.2 Å². The van der Waals surface area contributed by atoms with Gasteiger partial charge in [0.2, 0.25) is 0 Å². The molecule has 2 N–H and O–H groups in total. The summed E-state index contributed by atoms with van der Waals surface area (Å²) in [6, 6.07) is 8.05. The van der Waals surface area contributed by atoms with Gasteiger partial charge in [-0.1, -0.05) is 19.1 Å². The predicted molar refractivity (Wildman–Crippen MR) is 109 cm³/mol. The largest absolute Gasteiger partial charge is 0.493 e. The Kier molecular flexibility index (Phi) is 10.1. The standard InChI is InChI=1S/C18H29N3O2.HI/c1-15-7-9-21(10-8-15)18(19)20-14-16-5-3-6-17(13-16)23-12-4-11-22-2;/h3,5-6,13,15H,4,7-12,14H2,1-2H3,(H2,19,20);1H. The lowest BCUT2D eigenvalue weighted by molar-refractivity contribution is 0.172. The van der Waals surface area contributed by atoms with Crippen LogP contribution in [0, 0.1) is 5.92 Å². The van der Waals surface area contributed by atoms with Crippen LogP contribution in [0.1, 0.15) is 31.7 Å². The molecule has 0 aliphatic carbocycles. The third kappa shape index (κ3) is 7.25. The van der Waals surface area contributed by atoms with Crippen LogP contribution in [-0.2, 0) is 11.3 Å². The lowest BCUT2D eigenvalue weighted by Gasteiger charge is -2.31. The number of piperidine rings is 1. The van der Waals surface area contributed by atoms with Crippen molar-refractivity contribution in [2.75, 3.05) is 33.4 Å². The molecule has 1 aromatic rings. The second-order valence-corrected chi connectivity index (χ2v) is 6.19. The zero-order valence-electron chi connectivity index (χ0n) is 14.7. The van der Waals surface area contributed by atoms with Gasteiger partial charge in [-0.15, -0.1) is 24.0 Å². The number of benzene rings is 1. The zero-order chi connectivity index (χ0) is 16.5. The maximum atomic E-state index is 6.12. The van der Waals surface area contributed by atoms with E-state index in [9.17, 15) is 0 Å². The summed E-state index contributed by atoms with van der Waals surface area (Å²) in [5.41, 5.74) is 7.24. The van der Waals surface area contributed by atoms with Gasteiger partial charge in [0.05, 0.1) is 13.2 Å². The predicted octanol–water partition coefficient (Wildman–Crippen LogP) is 3.27. The number of nitrogens with zero attached hydrogens (tertiary/aromatic N) is 2. The summed E-state index contributed by atoms with van der Waals surface area (Å²) in [7, 11) is 1.70. The quantitative estimate of drug-likeness (QED) is 0.302. The number of likely N-dealkylation sites (tertiary alicyclic amines) is 1. The van der Waals surface area contributed by atoms with Crippen molar-refractivity contribution in [3.8, 4) is 5.75 Å². The number of aliphatic imine (C=N–C) groups is 1. The van der Waals surface area contributed by atoms with E-state index in [0.717, 1.165) is 43.3 Å². The Morgan fingerprint density at radius 2 is 2.04 bits per heavy atom. The molecular formula is C18H30IN3O2. The molecule has 1 fully saturated rings. The Labute approximate surface area is 162 Å². The SMILES string of the molecule is COCCCOc1cccc(CN=C(N)N2CCC(C)CC2)c1.I. The van der Waals surface area contributed by atoms with E-state index in [1.807, 2.05) is 18.2 Å². The lowest BCUT2D eigenvalue weighted by Crippen LogP contribution is -2.42. The number of hydrogen-bond donors (Lipinski definition) is 1. The summed E-state index contributed by atoms with van der Waals surface area (Å²) in [4.78, 5) is 6.72. The van der Waals surface area contributed by atoms with Crippen LogP contribution < -0.4 is 10.5 Å². The molecule has 1 heterocycles. The van der Waals surface area contributed by atoms with Gasteiger partial charge in [0, 0.05) is 33.2 Å². The molecular weight excluding hydrogens is 417 g/mol. The molecule has 5 nitrogen and oxygen atoms in total. The molecule has 0 saturated carbocycles. The molecule has 1 aromatic carbocycles. The van der Waals surface area contributed by atoms with Crippen molar-refractivity contribution in [2.45, 2.75) is 32.7 Å². The second-order valence-electron chi connectivity index (χ2n) is 6.19. The first-order valence-electron chi connectivity index (χ1n) is 8.44. The minimum atomic E-state index is 0. The fourth-order valence-electron chi connectivity index (χ4n) is 2.64. The number of methoxy groups -OCH3 is 1. The fourth-order valence-corrected chi connectivity index (χ4v) is 2.64. The third-order valence-corrected chi connectivity index (χ3v) is 4.19. The van der Waals surface area contributed by atoms with Crippen molar-refractivity contribution in [1.29, 1.82) is 0 Å². The second kappa shape index (κ2) is 11.5. The van der Waals surface area contributed by atoms with Gasteiger partial charge >= 0.3 is 0 Å². The summed E-state index contributed by atoms with van der Waals surface area (Å²) < 4.78 is 10.7. The molecule has 0 unspecified atom stereocenters. The molecule has 136 valence electrons. The molecule has 0 radical (unpaired) electrons. The Bertz CT molecular complexity index is 503. The highest BCUT2D eigenvalue weighted by Crippen LogP contribution is 2.17. The van der Waals surface area contributed by atoms with Crippen molar-refractivity contribution in [1.82, 2.24) is 4.90 Å². The average molecular weight is 447 g/mol. The Hall–Kier alpha value is -1.02. The molecule has 1 aliphatic heterocycles.